The number of rotatable bonds is 5. The second kappa shape index (κ2) is 6.52. The molecular weight excluding hydrogens is 356 g/mol. The third-order valence-corrected chi connectivity index (χ3v) is 5.23. The molecule has 0 amide bonds. The Morgan fingerprint density at radius 1 is 1.24 bits per heavy atom. The maximum Gasteiger partial charge on any atom is 0.244 e. The van der Waals surface area contributed by atoms with Crippen molar-refractivity contribution in [2.45, 2.75) is 11.4 Å². The molecule has 1 heterocycles. The highest BCUT2D eigenvalue weighted by Crippen LogP contribution is 2.18. The Labute approximate surface area is 132 Å². The predicted molar refractivity (Wildman–Crippen MR) is 84.8 cm³/mol. The van der Waals surface area contributed by atoms with E-state index >= 15 is 0 Å². The van der Waals surface area contributed by atoms with Crippen molar-refractivity contribution in [3.05, 3.63) is 52.6 Å². The zero-order chi connectivity index (χ0) is 15.5. The summed E-state index contributed by atoms with van der Waals surface area (Å²) in [6.07, 6.45) is 1.28. The van der Waals surface area contributed by atoms with Crippen molar-refractivity contribution < 1.29 is 8.42 Å². The molecular formula is C13H15BrN4O2S. The van der Waals surface area contributed by atoms with Gasteiger partial charge in [-0.3, -0.25) is 0 Å². The number of hydrogen-bond acceptors (Lipinski definition) is 5. The fourth-order valence-electron chi connectivity index (χ4n) is 1.73. The Kier molecular flexibility index (Phi) is 4.94. The van der Waals surface area contributed by atoms with Gasteiger partial charge in [0.25, 0.3) is 0 Å². The highest BCUT2D eigenvalue weighted by molar-refractivity contribution is 9.10. The maximum atomic E-state index is 12.4. The fourth-order valence-corrected chi connectivity index (χ4v) is 3.10. The van der Waals surface area contributed by atoms with Crippen LogP contribution in [0.2, 0.25) is 0 Å². The van der Waals surface area contributed by atoms with Gasteiger partial charge in [0, 0.05) is 24.3 Å². The van der Waals surface area contributed by atoms with Crippen LogP contribution in [0.4, 0.5) is 5.82 Å². The second-order valence-electron chi connectivity index (χ2n) is 4.41. The molecule has 0 aliphatic carbocycles. The third kappa shape index (κ3) is 3.79. The Balaban J connectivity index is 2.19. The number of hydrazine groups is 1. The number of aromatic nitrogens is 1. The molecule has 2 aromatic rings. The van der Waals surface area contributed by atoms with E-state index in [0.29, 0.717) is 5.82 Å². The van der Waals surface area contributed by atoms with Crippen molar-refractivity contribution in [2.24, 2.45) is 5.84 Å². The van der Waals surface area contributed by atoms with Crippen LogP contribution in [0.1, 0.15) is 5.56 Å². The summed E-state index contributed by atoms with van der Waals surface area (Å²) in [5.74, 6) is 5.61. The minimum atomic E-state index is -3.58. The van der Waals surface area contributed by atoms with Crippen LogP contribution in [0.25, 0.3) is 0 Å². The van der Waals surface area contributed by atoms with E-state index in [2.05, 4.69) is 26.3 Å². The van der Waals surface area contributed by atoms with Gasteiger partial charge in [-0.1, -0.05) is 28.1 Å². The number of pyridine rings is 1. The number of nitrogens with one attached hydrogen (secondary N) is 1. The average molecular weight is 371 g/mol. The van der Waals surface area contributed by atoms with Crippen molar-refractivity contribution in [1.29, 1.82) is 0 Å². The molecule has 6 nitrogen and oxygen atoms in total. The summed E-state index contributed by atoms with van der Waals surface area (Å²) in [6.45, 7) is 0.284. The number of nitrogens with two attached hydrogens (primary N) is 1. The van der Waals surface area contributed by atoms with Crippen molar-refractivity contribution >= 4 is 31.8 Å². The molecule has 0 aliphatic heterocycles. The zero-order valence-corrected chi connectivity index (χ0v) is 13.7. The molecule has 0 fully saturated rings. The van der Waals surface area contributed by atoms with Gasteiger partial charge >= 0.3 is 0 Å². The number of sulfonamides is 1. The molecule has 0 spiro atoms. The molecule has 0 bridgehead atoms. The van der Waals surface area contributed by atoms with E-state index in [1.807, 2.05) is 24.3 Å². The lowest BCUT2D eigenvalue weighted by molar-refractivity contribution is 0.466. The molecule has 2 rings (SSSR count). The topological polar surface area (TPSA) is 88.3 Å². The molecule has 0 saturated heterocycles. The van der Waals surface area contributed by atoms with Gasteiger partial charge in [-0.25, -0.2) is 19.2 Å². The predicted octanol–water partition coefficient (Wildman–Crippen LogP) is 1.95. The van der Waals surface area contributed by atoms with Gasteiger partial charge in [-0.15, -0.1) is 0 Å². The second-order valence-corrected chi connectivity index (χ2v) is 7.37. The zero-order valence-electron chi connectivity index (χ0n) is 11.3. The molecule has 8 heteroatoms. The largest absolute Gasteiger partial charge is 0.308 e. The summed E-state index contributed by atoms with van der Waals surface area (Å²) < 4.78 is 27.1. The summed E-state index contributed by atoms with van der Waals surface area (Å²) in [7, 11) is -2.05. The number of nitrogens with zero attached hydrogens (tertiary/aromatic N) is 2. The van der Waals surface area contributed by atoms with Crippen molar-refractivity contribution in [2.75, 3.05) is 12.5 Å². The van der Waals surface area contributed by atoms with Crippen LogP contribution in [0.5, 0.6) is 0 Å². The molecule has 0 unspecified atom stereocenters. The molecule has 0 aliphatic rings. The monoisotopic (exact) mass is 370 g/mol. The lowest BCUT2D eigenvalue weighted by atomic mass is 10.2. The minimum Gasteiger partial charge on any atom is -0.308 e. The highest BCUT2D eigenvalue weighted by Gasteiger charge is 2.21. The molecule has 112 valence electrons. The Bertz CT molecular complexity index is 702. The van der Waals surface area contributed by atoms with Crippen LogP contribution >= 0.6 is 15.9 Å². The first-order chi connectivity index (χ1) is 9.93. The molecule has 1 aromatic heterocycles. The number of anilines is 1. The highest BCUT2D eigenvalue weighted by atomic mass is 79.9. The van der Waals surface area contributed by atoms with E-state index in [-0.39, 0.29) is 11.4 Å². The standard InChI is InChI=1S/C13H15BrN4O2S/c1-18(9-10-2-4-11(14)5-3-10)21(19,20)12-6-7-13(17-15)16-8-12/h2-8H,9,15H2,1H3,(H,16,17). The summed E-state index contributed by atoms with van der Waals surface area (Å²) in [5, 5.41) is 0. The average Bonchev–Trinajstić information content (AvgIpc) is 2.49. The maximum absolute atomic E-state index is 12.4. The number of nitrogen functional groups attached to an aromatic ring is 1. The van der Waals surface area contributed by atoms with Gasteiger partial charge in [0.15, 0.2) is 0 Å². The van der Waals surface area contributed by atoms with Gasteiger partial charge in [0.2, 0.25) is 10.0 Å². The van der Waals surface area contributed by atoms with Gasteiger partial charge in [-0.05, 0) is 29.8 Å². The molecule has 3 N–H and O–H groups in total. The summed E-state index contributed by atoms with van der Waals surface area (Å²) in [4.78, 5) is 4.04. The van der Waals surface area contributed by atoms with E-state index in [1.165, 1.54) is 29.7 Å². The van der Waals surface area contributed by atoms with E-state index in [1.54, 1.807) is 0 Å². The van der Waals surface area contributed by atoms with E-state index in [4.69, 9.17) is 5.84 Å². The van der Waals surface area contributed by atoms with E-state index in [0.717, 1.165) is 10.0 Å². The number of halogens is 1. The Morgan fingerprint density at radius 3 is 2.43 bits per heavy atom. The van der Waals surface area contributed by atoms with Crippen molar-refractivity contribution in [1.82, 2.24) is 9.29 Å². The third-order valence-electron chi connectivity index (χ3n) is 2.91. The lowest BCUT2D eigenvalue weighted by Gasteiger charge is -2.17. The molecule has 0 atom stereocenters. The van der Waals surface area contributed by atoms with Gasteiger partial charge < -0.3 is 5.43 Å². The SMILES string of the molecule is CN(Cc1ccc(Br)cc1)S(=O)(=O)c1ccc(NN)nc1. The first kappa shape index (κ1) is 15.9. The minimum absolute atomic E-state index is 0.126. The number of hydrogen-bond donors (Lipinski definition) is 2. The fraction of sp³-hybridized carbons (Fsp3) is 0.154. The molecule has 0 saturated carbocycles. The van der Waals surface area contributed by atoms with E-state index in [9.17, 15) is 8.42 Å². The van der Waals surface area contributed by atoms with Crippen LogP contribution in [0.15, 0.2) is 52.0 Å². The van der Waals surface area contributed by atoms with E-state index < -0.39 is 10.0 Å². The summed E-state index contributed by atoms with van der Waals surface area (Å²) >= 11 is 3.35. The van der Waals surface area contributed by atoms with Crippen LogP contribution < -0.4 is 11.3 Å². The smallest absolute Gasteiger partial charge is 0.244 e. The van der Waals surface area contributed by atoms with Crippen molar-refractivity contribution in [3.63, 3.8) is 0 Å². The first-order valence-corrected chi connectivity index (χ1v) is 8.30. The van der Waals surface area contributed by atoms with Gasteiger partial charge in [-0.2, -0.15) is 4.31 Å². The van der Waals surface area contributed by atoms with Crippen molar-refractivity contribution in [3.8, 4) is 0 Å². The van der Waals surface area contributed by atoms with Crippen LogP contribution in [-0.2, 0) is 16.6 Å². The Morgan fingerprint density at radius 2 is 1.90 bits per heavy atom. The van der Waals surface area contributed by atoms with Gasteiger partial charge in [0.05, 0.1) is 0 Å². The molecule has 0 radical (unpaired) electrons. The van der Waals surface area contributed by atoms with Crippen LogP contribution in [-0.4, -0.2) is 24.8 Å². The number of benzene rings is 1. The van der Waals surface area contributed by atoms with Gasteiger partial charge in [0.1, 0.15) is 10.7 Å². The van der Waals surface area contributed by atoms with Crippen LogP contribution in [0, 0.1) is 0 Å². The molecule has 1 aromatic carbocycles. The Hall–Kier alpha value is -1.48. The lowest BCUT2D eigenvalue weighted by Crippen LogP contribution is -2.26. The quantitative estimate of drug-likeness (QED) is 0.620. The molecule has 21 heavy (non-hydrogen) atoms. The van der Waals surface area contributed by atoms with Crippen LogP contribution in [0.3, 0.4) is 0 Å². The summed E-state index contributed by atoms with van der Waals surface area (Å²) in [5.41, 5.74) is 3.26. The normalized spacial score (nSPS) is 11.6. The first-order valence-electron chi connectivity index (χ1n) is 6.07. The summed E-state index contributed by atoms with van der Waals surface area (Å²) in [6, 6.07) is 10.5.